The van der Waals surface area contributed by atoms with E-state index in [1.165, 1.54) is 17.1 Å². The molecule has 2 rings (SSSR count). The molecule has 5 heteroatoms. The molecule has 4 nitrogen and oxygen atoms in total. The van der Waals surface area contributed by atoms with Gasteiger partial charge in [-0.2, -0.15) is 0 Å². The van der Waals surface area contributed by atoms with Crippen molar-refractivity contribution >= 4 is 15.7 Å². The summed E-state index contributed by atoms with van der Waals surface area (Å²) in [7, 11) is -1.83. The number of rotatable bonds is 4. The minimum atomic E-state index is -3.49. The lowest BCUT2D eigenvalue weighted by Gasteiger charge is -2.22. The summed E-state index contributed by atoms with van der Waals surface area (Å²) in [5, 5.41) is 0. The van der Waals surface area contributed by atoms with E-state index >= 15 is 0 Å². The minimum Gasteiger partial charge on any atom is -0.398 e. The number of hydrogen-bond donors (Lipinski definition) is 1. The van der Waals surface area contributed by atoms with Crippen molar-refractivity contribution in [2.24, 2.45) is 5.92 Å². The van der Waals surface area contributed by atoms with E-state index in [1.54, 1.807) is 19.2 Å². The summed E-state index contributed by atoms with van der Waals surface area (Å²) in [5.74, 6) is 0.488. The second kappa shape index (κ2) is 5.74. The average molecular weight is 296 g/mol. The van der Waals surface area contributed by atoms with Crippen molar-refractivity contribution in [3.05, 3.63) is 23.3 Å². The van der Waals surface area contributed by atoms with Crippen LogP contribution in [-0.4, -0.2) is 26.3 Å². The molecule has 1 saturated carbocycles. The van der Waals surface area contributed by atoms with Gasteiger partial charge in [0.15, 0.2) is 0 Å². The summed E-state index contributed by atoms with van der Waals surface area (Å²) in [6, 6.07) is 3.43. The van der Waals surface area contributed by atoms with Crippen LogP contribution in [0.5, 0.6) is 0 Å². The van der Waals surface area contributed by atoms with Crippen molar-refractivity contribution in [1.82, 2.24) is 4.31 Å². The quantitative estimate of drug-likeness (QED) is 0.869. The van der Waals surface area contributed by atoms with E-state index in [0.717, 1.165) is 24.0 Å². The summed E-state index contributed by atoms with van der Waals surface area (Å²) < 4.78 is 26.8. The Kier molecular flexibility index (Phi) is 4.39. The van der Waals surface area contributed by atoms with Gasteiger partial charge in [-0.1, -0.05) is 12.8 Å². The Balaban J connectivity index is 2.27. The van der Waals surface area contributed by atoms with Gasteiger partial charge in [-0.3, -0.25) is 0 Å². The van der Waals surface area contributed by atoms with Crippen LogP contribution in [0.1, 0.15) is 36.8 Å². The molecule has 0 radical (unpaired) electrons. The summed E-state index contributed by atoms with van der Waals surface area (Å²) in [5.41, 5.74) is 8.22. The molecule has 0 spiro atoms. The van der Waals surface area contributed by atoms with Gasteiger partial charge in [0.05, 0.1) is 5.69 Å². The maximum Gasteiger partial charge on any atom is 0.244 e. The van der Waals surface area contributed by atoms with Crippen molar-refractivity contribution in [2.75, 3.05) is 19.3 Å². The monoisotopic (exact) mass is 296 g/mol. The van der Waals surface area contributed by atoms with Crippen molar-refractivity contribution in [3.8, 4) is 0 Å². The number of nitrogens with zero attached hydrogens (tertiary/aromatic N) is 1. The second-order valence-corrected chi connectivity index (χ2v) is 7.92. The van der Waals surface area contributed by atoms with Crippen LogP contribution in [0.15, 0.2) is 17.0 Å². The third kappa shape index (κ3) is 2.99. The van der Waals surface area contributed by atoms with Gasteiger partial charge in [-0.25, -0.2) is 12.7 Å². The number of aryl methyl sites for hydroxylation is 2. The van der Waals surface area contributed by atoms with E-state index in [9.17, 15) is 8.42 Å². The Morgan fingerprint density at radius 1 is 1.20 bits per heavy atom. The molecular formula is C15H24N2O2S. The summed E-state index contributed by atoms with van der Waals surface area (Å²) >= 11 is 0. The number of anilines is 1. The van der Waals surface area contributed by atoms with E-state index in [2.05, 4.69) is 0 Å². The molecule has 1 aromatic rings. The highest BCUT2D eigenvalue weighted by atomic mass is 32.2. The molecule has 0 saturated heterocycles. The zero-order chi connectivity index (χ0) is 14.9. The van der Waals surface area contributed by atoms with E-state index in [1.807, 2.05) is 13.8 Å². The number of nitrogen functional groups attached to an aromatic ring is 1. The van der Waals surface area contributed by atoms with Crippen LogP contribution in [0.3, 0.4) is 0 Å². The fraction of sp³-hybridized carbons (Fsp3) is 0.600. The van der Waals surface area contributed by atoms with Crippen molar-refractivity contribution in [1.29, 1.82) is 0 Å². The first-order valence-corrected chi connectivity index (χ1v) is 8.59. The highest BCUT2D eigenvalue weighted by molar-refractivity contribution is 7.89. The molecule has 1 aliphatic rings. The van der Waals surface area contributed by atoms with E-state index in [0.29, 0.717) is 18.2 Å². The standard InChI is InChI=1S/C15H24N2O2S/c1-11-8-14(16)15(9-12(11)2)20(18,19)17(3)10-13-6-4-5-7-13/h8-9,13H,4-7,10,16H2,1-3H3. The average Bonchev–Trinajstić information content (AvgIpc) is 2.86. The first-order chi connectivity index (χ1) is 9.32. The van der Waals surface area contributed by atoms with Crippen molar-refractivity contribution < 1.29 is 8.42 Å². The van der Waals surface area contributed by atoms with Gasteiger partial charge < -0.3 is 5.73 Å². The van der Waals surface area contributed by atoms with Crippen LogP contribution in [0.2, 0.25) is 0 Å². The Labute approximate surface area is 122 Å². The zero-order valence-corrected chi connectivity index (χ0v) is 13.3. The van der Waals surface area contributed by atoms with Gasteiger partial charge in [0, 0.05) is 13.6 Å². The predicted molar refractivity (Wildman–Crippen MR) is 82.1 cm³/mol. The molecule has 0 bridgehead atoms. The van der Waals surface area contributed by atoms with Crippen LogP contribution >= 0.6 is 0 Å². The van der Waals surface area contributed by atoms with Gasteiger partial charge >= 0.3 is 0 Å². The smallest absolute Gasteiger partial charge is 0.244 e. The van der Waals surface area contributed by atoms with Crippen molar-refractivity contribution in [3.63, 3.8) is 0 Å². The van der Waals surface area contributed by atoms with Crippen LogP contribution in [-0.2, 0) is 10.0 Å². The third-order valence-electron chi connectivity index (χ3n) is 4.30. The summed E-state index contributed by atoms with van der Waals surface area (Å²) in [4.78, 5) is 0.237. The molecule has 0 unspecified atom stereocenters. The molecule has 112 valence electrons. The van der Waals surface area contributed by atoms with E-state index in [4.69, 9.17) is 5.73 Å². The predicted octanol–water partition coefficient (Wildman–Crippen LogP) is 2.70. The molecular weight excluding hydrogens is 272 g/mol. The molecule has 1 aliphatic carbocycles. The largest absolute Gasteiger partial charge is 0.398 e. The first-order valence-electron chi connectivity index (χ1n) is 7.15. The van der Waals surface area contributed by atoms with Crippen LogP contribution in [0.25, 0.3) is 0 Å². The molecule has 20 heavy (non-hydrogen) atoms. The van der Waals surface area contributed by atoms with Gasteiger partial charge in [-0.05, 0) is 55.9 Å². The topological polar surface area (TPSA) is 63.4 Å². The fourth-order valence-corrected chi connectivity index (χ4v) is 4.28. The summed E-state index contributed by atoms with van der Waals surface area (Å²) in [6.45, 7) is 4.43. The van der Waals surface area contributed by atoms with Crippen LogP contribution in [0.4, 0.5) is 5.69 Å². The van der Waals surface area contributed by atoms with Crippen molar-refractivity contribution in [2.45, 2.75) is 44.4 Å². The van der Waals surface area contributed by atoms with Gasteiger partial charge in [-0.15, -0.1) is 0 Å². The van der Waals surface area contributed by atoms with E-state index in [-0.39, 0.29) is 4.90 Å². The molecule has 0 atom stereocenters. The lowest BCUT2D eigenvalue weighted by atomic mass is 10.1. The maximum atomic E-state index is 12.7. The maximum absolute atomic E-state index is 12.7. The lowest BCUT2D eigenvalue weighted by Crippen LogP contribution is -2.31. The van der Waals surface area contributed by atoms with Gasteiger partial charge in [0.1, 0.15) is 4.90 Å². The highest BCUT2D eigenvalue weighted by Crippen LogP contribution is 2.29. The van der Waals surface area contributed by atoms with E-state index < -0.39 is 10.0 Å². The third-order valence-corrected chi connectivity index (χ3v) is 6.18. The number of hydrogen-bond acceptors (Lipinski definition) is 3. The molecule has 0 heterocycles. The Bertz CT molecular complexity index is 590. The SMILES string of the molecule is Cc1cc(N)c(S(=O)(=O)N(C)CC2CCCC2)cc1C. The first kappa shape index (κ1) is 15.3. The van der Waals surface area contributed by atoms with Crippen LogP contribution < -0.4 is 5.73 Å². The molecule has 0 aliphatic heterocycles. The number of benzene rings is 1. The molecule has 2 N–H and O–H groups in total. The highest BCUT2D eigenvalue weighted by Gasteiger charge is 2.27. The number of sulfonamides is 1. The fourth-order valence-electron chi connectivity index (χ4n) is 2.86. The lowest BCUT2D eigenvalue weighted by molar-refractivity contribution is 0.387. The Hall–Kier alpha value is -1.07. The number of nitrogens with two attached hydrogens (primary N) is 1. The van der Waals surface area contributed by atoms with Gasteiger partial charge in [0.25, 0.3) is 0 Å². The van der Waals surface area contributed by atoms with Crippen LogP contribution in [0, 0.1) is 19.8 Å². The second-order valence-electron chi connectivity index (χ2n) is 5.91. The van der Waals surface area contributed by atoms with Gasteiger partial charge in [0.2, 0.25) is 10.0 Å². The zero-order valence-electron chi connectivity index (χ0n) is 12.5. The summed E-state index contributed by atoms with van der Waals surface area (Å²) in [6.07, 6.45) is 4.68. The Morgan fingerprint density at radius 3 is 2.35 bits per heavy atom. The molecule has 0 amide bonds. The molecule has 0 aromatic heterocycles. The molecule has 1 fully saturated rings. The molecule has 1 aromatic carbocycles. The minimum absolute atomic E-state index is 0.237. The normalized spacial score (nSPS) is 17.0. The Morgan fingerprint density at radius 2 is 1.75 bits per heavy atom.